The number of methoxy groups -OCH3 is 1. The van der Waals surface area contributed by atoms with Crippen LogP contribution < -0.4 is 0 Å². The van der Waals surface area contributed by atoms with Crippen LogP contribution >= 0.6 is 0 Å². The van der Waals surface area contributed by atoms with Gasteiger partial charge >= 0.3 is 18.0 Å². The number of carbonyl (C=O) groups is 4. The lowest BCUT2D eigenvalue weighted by Gasteiger charge is -2.48. The number of halogens is 1. The van der Waals surface area contributed by atoms with Crippen LogP contribution in [0.5, 0.6) is 0 Å². The molecular weight excluding hydrogens is 701 g/mol. The zero-order valence-electron chi connectivity index (χ0n) is 33.5. The maximum absolute atomic E-state index is 16.9. The summed E-state index contributed by atoms with van der Waals surface area (Å²) >= 11 is 0. The van der Waals surface area contributed by atoms with Crippen LogP contribution in [-0.4, -0.2) is 133 Å². The quantitative estimate of drug-likeness (QED) is 0.210. The summed E-state index contributed by atoms with van der Waals surface area (Å²) < 4.78 is 54.4. The topological polar surface area (TPSA) is 142 Å². The van der Waals surface area contributed by atoms with Crippen molar-refractivity contribution in [3.05, 3.63) is 35.9 Å². The van der Waals surface area contributed by atoms with E-state index in [1.807, 2.05) is 39.8 Å². The lowest BCUT2D eigenvalue weighted by molar-refractivity contribution is -0.294. The summed E-state index contributed by atoms with van der Waals surface area (Å²) in [5.74, 6) is -5.05. The SMILES string of the molecule is CC[C@H]1OC(=O)C(C)(F)C(=O)[C@H](C)[C@@H](O[C@@H]2O[C@H](C)C[C@H](N(C)C)[C@H]2OC(=O)c2ccccc2)[C@@](C)(OC)C[C@@H](C)C2=NCCN3C(=O)O[C@@]1(C)[C@H]3[C@H]2C. The molecule has 13 nitrogen and oxygen atoms in total. The molecule has 1 amide bonds. The first-order chi connectivity index (χ1) is 25.3. The molecular formula is C40H58FN3O10. The van der Waals surface area contributed by atoms with Crippen molar-refractivity contribution in [3.8, 4) is 0 Å². The first-order valence-corrected chi connectivity index (χ1v) is 19.1. The van der Waals surface area contributed by atoms with Gasteiger partial charge in [-0.25, -0.2) is 18.8 Å². The highest BCUT2D eigenvalue weighted by atomic mass is 19.1. The molecule has 5 rings (SSSR count). The molecule has 0 spiro atoms. The zero-order valence-corrected chi connectivity index (χ0v) is 33.5. The van der Waals surface area contributed by atoms with Crippen LogP contribution in [0.3, 0.4) is 0 Å². The van der Waals surface area contributed by atoms with E-state index < -0.39 is 77.2 Å². The van der Waals surface area contributed by atoms with E-state index in [4.69, 9.17) is 33.4 Å². The third-order valence-corrected chi connectivity index (χ3v) is 12.1. The highest BCUT2D eigenvalue weighted by molar-refractivity contribution is 6.08. The normalized spacial score (nSPS) is 40.6. The zero-order chi connectivity index (χ0) is 39.9. The number of fused-ring (bicyclic) bond motifs is 1. The molecule has 0 aromatic heterocycles. The summed E-state index contributed by atoms with van der Waals surface area (Å²) in [6.45, 7) is 14.0. The van der Waals surface area contributed by atoms with Gasteiger partial charge in [0.25, 0.3) is 5.67 Å². The molecule has 0 aliphatic carbocycles. The molecule has 0 radical (unpaired) electrons. The van der Waals surface area contributed by atoms with Crippen molar-refractivity contribution in [2.45, 2.75) is 134 Å². The second-order valence-corrected chi connectivity index (χ2v) is 16.2. The van der Waals surface area contributed by atoms with Crippen LogP contribution in [0, 0.1) is 17.8 Å². The Balaban J connectivity index is 1.61. The van der Waals surface area contributed by atoms with Gasteiger partial charge in [0.2, 0.25) is 0 Å². The van der Waals surface area contributed by atoms with E-state index in [-0.39, 0.29) is 43.4 Å². The standard InChI is InChI=1S/C40H58FN3O10/c1-12-28-40(8)31-24(4)29(42-18-19-44(31)37(48)54-40)22(2)21-38(6,49-11)33(25(5)32(45)39(7,41)36(47)51-28)53-35-30(27(43(9)10)20-23(3)50-35)52-34(46)26-16-14-13-15-17-26/h13-17,22-25,27-28,30-31,33,35H,12,18-21H2,1-11H3/t22-,23-,24+,25+,27+,28-,30-,31-,33-,35+,38+,39?,40-/m1/s1. The molecule has 300 valence electrons. The molecule has 0 saturated carbocycles. The number of Topliss-reactive ketones (excluding diaryl/α,β-unsaturated/α-hetero) is 1. The minimum atomic E-state index is -3.13. The van der Waals surface area contributed by atoms with Gasteiger partial charge in [0.1, 0.15) is 6.10 Å². The van der Waals surface area contributed by atoms with E-state index in [1.165, 1.54) is 14.0 Å². The molecule has 4 aliphatic rings. The Morgan fingerprint density at radius 3 is 2.33 bits per heavy atom. The predicted molar refractivity (Wildman–Crippen MR) is 197 cm³/mol. The van der Waals surface area contributed by atoms with Crippen molar-refractivity contribution in [1.29, 1.82) is 0 Å². The summed E-state index contributed by atoms with van der Waals surface area (Å²) in [6.07, 6.45) is -4.48. The number of rotatable bonds is 7. The van der Waals surface area contributed by atoms with Crippen molar-refractivity contribution >= 4 is 29.5 Å². The van der Waals surface area contributed by atoms with Gasteiger partial charge in [-0.1, -0.05) is 45.9 Å². The van der Waals surface area contributed by atoms with Crippen molar-refractivity contribution < 1.29 is 52.0 Å². The summed E-state index contributed by atoms with van der Waals surface area (Å²) in [4.78, 5) is 63.6. The van der Waals surface area contributed by atoms with Crippen LogP contribution in [0.1, 0.15) is 85.0 Å². The Hall–Kier alpha value is -3.46. The third-order valence-electron chi connectivity index (χ3n) is 12.1. The molecule has 1 aromatic carbocycles. The number of ketones is 1. The van der Waals surface area contributed by atoms with Gasteiger partial charge in [0.15, 0.2) is 23.8 Å². The Kier molecular flexibility index (Phi) is 12.3. The lowest BCUT2D eigenvalue weighted by atomic mass is 9.73. The second-order valence-electron chi connectivity index (χ2n) is 16.2. The fraction of sp³-hybridized carbons (Fsp3) is 0.725. The number of esters is 2. The van der Waals surface area contributed by atoms with Crippen molar-refractivity contribution in [2.75, 3.05) is 34.3 Å². The molecule has 1 unspecified atom stereocenters. The molecule has 14 heteroatoms. The monoisotopic (exact) mass is 759 g/mol. The van der Waals surface area contributed by atoms with Gasteiger partial charge in [0, 0.05) is 31.2 Å². The first-order valence-electron chi connectivity index (χ1n) is 19.1. The third kappa shape index (κ3) is 7.68. The molecule has 54 heavy (non-hydrogen) atoms. The average molecular weight is 760 g/mol. The first kappa shape index (κ1) is 41.7. The summed E-state index contributed by atoms with van der Waals surface area (Å²) in [5.41, 5.74) is -4.68. The number of cyclic esters (lactones) is 1. The number of amides is 1. The van der Waals surface area contributed by atoms with Crippen LogP contribution in [0.25, 0.3) is 0 Å². The average Bonchev–Trinajstić information content (AvgIpc) is 3.25. The van der Waals surface area contributed by atoms with E-state index in [2.05, 4.69) is 0 Å². The van der Waals surface area contributed by atoms with E-state index >= 15 is 4.39 Å². The number of nitrogens with zero attached hydrogens (tertiary/aromatic N) is 3. The Bertz CT molecular complexity index is 1590. The Morgan fingerprint density at radius 2 is 1.72 bits per heavy atom. The number of likely N-dealkylation sites (N-methyl/N-ethyl adjacent to an activating group) is 1. The van der Waals surface area contributed by atoms with E-state index in [0.717, 1.165) is 12.6 Å². The fourth-order valence-corrected chi connectivity index (χ4v) is 9.19. The highest BCUT2D eigenvalue weighted by Crippen LogP contribution is 2.44. The second kappa shape index (κ2) is 16.0. The van der Waals surface area contributed by atoms with Gasteiger partial charge in [-0.2, -0.15) is 0 Å². The maximum Gasteiger partial charge on any atom is 0.410 e. The molecule has 2 bridgehead atoms. The molecule has 13 atom stereocenters. The molecule has 0 N–H and O–H groups in total. The molecule has 4 aliphatic heterocycles. The number of benzene rings is 1. The summed E-state index contributed by atoms with van der Waals surface area (Å²) in [6, 6.07) is 7.60. The smallest absolute Gasteiger partial charge is 0.410 e. The number of carbonyl (C=O) groups excluding carboxylic acids is 4. The van der Waals surface area contributed by atoms with E-state index in [9.17, 15) is 19.2 Å². The summed E-state index contributed by atoms with van der Waals surface area (Å²) in [7, 11) is 5.22. The summed E-state index contributed by atoms with van der Waals surface area (Å²) in [5, 5.41) is 0. The fourth-order valence-electron chi connectivity index (χ4n) is 9.19. The van der Waals surface area contributed by atoms with Crippen LogP contribution in [0.15, 0.2) is 35.3 Å². The number of alkyl halides is 1. The lowest BCUT2D eigenvalue weighted by Crippen LogP contribution is -2.62. The number of hydrogen-bond acceptors (Lipinski definition) is 12. The maximum atomic E-state index is 16.9. The van der Waals surface area contributed by atoms with Crippen LogP contribution in [-0.2, 0) is 38.0 Å². The highest BCUT2D eigenvalue weighted by Gasteiger charge is 2.62. The minimum Gasteiger partial charge on any atom is -0.455 e. The molecule has 1 aromatic rings. The van der Waals surface area contributed by atoms with Gasteiger partial charge in [-0.15, -0.1) is 0 Å². The van der Waals surface area contributed by atoms with Gasteiger partial charge < -0.3 is 33.3 Å². The molecule has 3 saturated heterocycles. The largest absolute Gasteiger partial charge is 0.455 e. The van der Waals surface area contributed by atoms with Gasteiger partial charge in [-0.3, -0.25) is 14.7 Å². The molecule has 4 heterocycles. The van der Waals surface area contributed by atoms with E-state index in [0.29, 0.717) is 18.5 Å². The molecule has 3 fully saturated rings. The van der Waals surface area contributed by atoms with Crippen LogP contribution in [0.4, 0.5) is 9.18 Å². The number of ether oxygens (including phenoxy) is 6. The Labute approximate surface area is 318 Å². The number of hydrogen-bond donors (Lipinski definition) is 0. The van der Waals surface area contributed by atoms with Gasteiger partial charge in [-0.05, 0) is 79.1 Å². The van der Waals surface area contributed by atoms with E-state index in [1.54, 1.807) is 56.0 Å². The van der Waals surface area contributed by atoms with Crippen LogP contribution in [0.2, 0.25) is 0 Å². The minimum absolute atomic E-state index is 0.190. The number of aliphatic imine (C=N–C) groups is 1. The van der Waals surface area contributed by atoms with Crippen molar-refractivity contribution in [1.82, 2.24) is 9.80 Å². The Morgan fingerprint density at radius 1 is 1.06 bits per heavy atom. The predicted octanol–water partition coefficient (Wildman–Crippen LogP) is 5.03. The van der Waals surface area contributed by atoms with Crippen molar-refractivity contribution in [2.24, 2.45) is 22.7 Å². The van der Waals surface area contributed by atoms with Gasteiger partial charge in [0.05, 0.1) is 42.0 Å². The van der Waals surface area contributed by atoms with Crippen molar-refractivity contribution in [3.63, 3.8) is 0 Å².